The predicted octanol–water partition coefficient (Wildman–Crippen LogP) is 0.642. The second-order valence-electron chi connectivity index (χ2n) is 4.77. The lowest BCUT2D eigenvalue weighted by Crippen LogP contribution is -2.36. The number of hydrogen-bond donors (Lipinski definition) is 1. The molecule has 0 saturated heterocycles. The van der Waals surface area contributed by atoms with E-state index in [-0.39, 0.29) is 5.91 Å². The number of aromatic nitrogens is 1. The van der Waals surface area contributed by atoms with Crippen molar-refractivity contribution in [2.24, 2.45) is 5.73 Å². The van der Waals surface area contributed by atoms with Crippen molar-refractivity contribution in [3.63, 3.8) is 0 Å². The number of thiazole rings is 1. The number of rotatable bonds is 9. The summed E-state index contributed by atoms with van der Waals surface area (Å²) in [6.07, 6.45) is 0.927. The number of amides is 1. The van der Waals surface area contributed by atoms with Gasteiger partial charge < -0.3 is 20.3 Å². The van der Waals surface area contributed by atoms with Gasteiger partial charge in [-0.1, -0.05) is 0 Å². The van der Waals surface area contributed by atoms with Gasteiger partial charge in [0.2, 0.25) is 0 Å². The van der Waals surface area contributed by atoms with Gasteiger partial charge in [-0.2, -0.15) is 0 Å². The van der Waals surface area contributed by atoms with E-state index >= 15 is 0 Å². The fraction of sp³-hybridized carbons (Fsp3) is 0.692. The molecule has 1 aromatic heterocycles. The number of nitrogens with zero attached hydrogens (tertiary/aromatic N) is 3. The van der Waals surface area contributed by atoms with Crippen LogP contribution in [0, 0.1) is 0 Å². The lowest BCUT2D eigenvalue weighted by molar-refractivity contribution is 0.0684. The van der Waals surface area contributed by atoms with Gasteiger partial charge in [0, 0.05) is 32.1 Å². The van der Waals surface area contributed by atoms with Gasteiger partial charge in [-0.15, -0.1) is 11.3 Å². The van der Waals surface area contributed by atoms with Crippen LogP contribution in [0.5, 0.6) is 0 Å². The summed E-state index contributed by atoms with van der Waals surface area (Å²) in [5.74, 6) is -0.0447. The third kappa shape index (κ3) is 5.54. The molecule has 1 aromatic rings. The molecule has 114 valence electrons. The molecule has 0 bridgehead atoms. The summed E-state index contributed by atoms with van der Waals surface area (Å²) in [7, 11) is 5.68. The first-order chi connectivity index (χ1) is 9.58. The molecule has 7 heteroatoms. The average molecular weight is 300 g/mol. The second kappa shape index (κ2) is 9.02. The highest BCUT2D eigenvalue weighted by molar-refractivity contribution is 7.09. The Kier molecular flexibility index (Phi) is 7.68. The monoisotopic (exact) mass is 300 g/mol. The van der Waals surface area contributed by atoms with E-state index in [2.05, 4.69) is 9.88 Å². The highest BCUT2D eigenvalue weighted by atomic mass is 32.1. The van der Waals surface area contributed by atoms with Crippen molar-refractivity contribution in [1.29, 1.82) is 0 Å². The molecule has 6 nitrogen and oxygen atoms in total. The zero-order chi connectivity index (χ0) is 15.0. The Morgan fingerprint density at radius 3 is 2.70 bits per heavy atom. The normalized spacial score (nSPS) is 11.1. The van der Waals surface area contributed by atoms with E-state index < -0.39 is 0 Å². The summed E-state index contributed by atoms with van der Waals surface area (Å²) >= 11 is 1.42. The Labute approximate surface area is 124 Å². The van der Waals surface area contributed by atoms with Crippen molar-refractivity contribution >= 4 is 17.2 Å². The highest BCUT2D eigenvalue weighted by Crippen LogP contribution is 2.11. The van der Waals surface area contributed by atoms with E-state index in [1.165, 1.54) is 11.3 Å². The van der Waals surface area contributed by atoms with Gasteiger partial charge in [0.15, 0.2) is 0 Å². The summed E-state index contributed by atoms with van der Waals surface area (Å²) in [5.41, 5.74) is 6.01. The molecule has 0 aromatic carbocycles. The smallest absolute Gasteiger partial charge is 0.273 e. The fourth-order valence-corrected chi connectivity index (χ4v) is 2.41. The third-order valence-corrected chi connectivity index (χ3v) is 3.70. The van der Waals surface area contributed by atoms with Crippen molar-refractivity contribution in [2.75, 3.05) is 47.4 Å². The third-order valence-electron chi connectivity index (χ3n) is 2.83. The van der Waals surface area contributed by atoms with Crippen LogP contribution < -0.4 is 5.73 Å². The van der Waals surface area contributed by atoms with E-state index in [1.807, 2.05) is 14.1 Å². The van der Waals surface area contributed by atoms with Crippen LogP contribution >= 0.6 is 11.3 Å². The lowest BCUT2D eigenvalue weighted by Gasteiger charge is -2.22. The van der Waals surface area contributed by atoms with Crippen LogP contribution in [0.2, 0.25) is 0 Å². The van der Waals surface area contributed by atoms with Crippen molar-refractivity contribution in [3.05, 3.63) is 16.1 Å². The molecule has 20 heavy (non-hydrogen) atoms. The number of nitrogens with two attached hydrogens (primary N) is 1. The Morgan fingerprint density at radius 2 is 2.15 bits per heavy atom. The molecular weight excluding hydrogens is 276 g/mol. The Bertz CT molecular complexity index is 409. The van der Waals surface area contributed by atoms with Crippen LogP contribution in [0.1, 0.15) is 21.9 Å². The number of carbonyl (C=O) groups is 1. The average Bonchev–Trinajstić information content (AvgIpc) is 2.90. The quantitative estimate of drug-likeness (QED) is 0.725. The molecule has 0 atom stereocenters. The molecule has 0 spiro atoms. The van der Waals surface area contributed by atoms with Crippen LogP contribution in [0.25, 0.3) is 0 Å². The molecule has 2 N–H and O–H groups in total. The number of methoxy groups -OCH3 is 1. The SMILES string of the molecule is COCCN(CCCN(C)C)C(=O)c1csc(CN)n1. The Hall–Kier alpha value is -1.02. The van der Waals surface area contributed by atoms with Crippen LogP contribution in [0.3, 0.4) is 0 Å². The van der Waals surface area contributed by atoms with Crippen molar-refractivity contribution in [1.82, 2.24) is 14.8 Å². The zero-order valence-corrected chi connectivity index (χ0v) is 13.3. The highest BCUT2D eigenvalue weighted by Gasteiger charge is 2.18. The first-order valence-electron chi connectivity index (χ1n) is 6.66. The van der Waals surface area contributed by atoms with Crippen LogP contribution in [-0.2, 0) is 11.3 Å². The molecule has 1 amide bonds. The van der Waals surface area contributed by atoms with E-state index in [9.17, 15) is 4.79 Å². The summed E-state index contributed by atoms with van der Waals surface area (Å²) in [4.78, 5) is 20.6. The first kappa shape index (κ1) is 17.0. The molecule has 0 aliphatic carbocycles. The largest absolute Gasteiger partial charge is 0.383 e. The van der Waals surface area contributed by atoms with Gasteiger partial charge in [0.25, 0.3) is 5.91 Å². The van der Waals surface area contributed by atoms with Gasteiger partial charge in [-0.25, -0.2) is 4.98 Å². The molecule has 0 aliphatic rings. The summed E-state index contributed by atoms with van der Waals surface area (Å²) < 4.78 is 5.07. The summed E-state index contributed by atoms with van der Waals surface area (Å²) in [6.45, 7) is 3.13. The molecule has 1 heterocycles. The maximum atomic E-state index is 12.4. The molecule has 0 unspecified atom stereocenters. The van der Waals surface area contributed by atoms with Gasteiger partial charge in [-0.05, 0) is 27.1 Å². The summed E-state index contributed by atoms with van der Waals surface area (Å²) in [5, 5.41) is 2.56. The van der Waals surface area contributed by atoms with E-state index in [1.54, 1.807) is 17.4 Å². The molecule has 0 aliphatic heterocycles. The number of carbonyl (C=O) groups excluding carboxylic acids is 1. The molecular formula is C13H24N4O2S. The van der Waals surface area contributed by atoms with Crippen LogP contribution in [-0.4, -0.2) is 68.1 Å². The lowest BCUT2D eigenvalue weighted by atomic mass is 10.3. The zero-order valence-electron chi connectivity index (χ0n) is 12.5. The maximum absolute atomic E-state index is 12.4. The minimum Gasteiger partial charge on any atom is -0.383 e. The maximum Gasteiger partial charge on any atom is 0.273 e. The van der Waals surface area contributed by atoms with Crippen LogP contribution in [0.15, 0.2) is 5.38 Å². The summed E-state index contributed by atoms with van der Waals surface area (Å²) in [6, 6.07) is 0. The molecule has 0 saturated carbocycles. The van der Waals surface area contributed by atoms with Gasteiger partial charge in [-0.3, -0.25) is 4.79 Å². The fourth-order valence-electron chi connectivity index (χ4n) is 1.76. The Morgan fingerprint density at radius 1 is 1.40 bits per heavy atom. The van der Waals surface area contributed by atoms with Crippen molar-refractivity contribution in [2.45, 2.75) is 13.0 Å². The van der Waals surface area contributed by atoms with Gasteiger partial charge >= 0.3 is 0 Å². The predicted molar refractivity (Wildman–Crippen MR) is 81.0 cm³/mol. The van der Waals surface area contributed by atoms with Gasteiger partial charge in [0.1, 0.15) is 10.7 Å². The topological polar surface area (TPSA) is 71.7 Å². The van der Waals surface area contributed by atoms with Crippen molar-refractivity contribution in [3.8, 4) is 0 Å². The Balaban J connectivity index is 2.62. The van der Waals surface area contributed by atoms with Crippen molar-refractivity contribution < 1.29 is 9.53 Å². The van der Waals surface area contributed by atoms with Gasteiger partial charge in [0.05, 0.1) is 6.61 Å². The standard InChI is InChI=1S/C13H24N4O2S/c1-16(2)5-4-6-17(7-8-19-3)13(18)11-10-20-12(9-14)15-11/h10H,4-9,14H2,1-3H3. The number of hydrogen-bond acceptors (Lipinski definition) is 6. The minimum atomic E-state index is -0.0447. The van der Waals surface area contributed by atoms with E-state index in [0.29, 0.717) is 31.9 Å². The molecule has 0 radical (unpaired) electrons. The second-order valence-corrected chi connectivity index (χ2v) is 5.72. The minimum absolute atomic E-state index is 0.0447. The molecule has 1 rings (SSSR count). The number of ether oxygens (including phenoxy) is 1. The molecule has 0 fully saturated rings. The van der Waals surface area contributed by atoms with Crippen LogP contribution in [0.4, 0.5) is 0 Å². The van der Waals surface area contributed by atoms with E-state index in [0.717, 1.165) is 18.0 Å². The first-order valence-corrected chi connectivity index (χ1v) is 7.53. The van der Waals surface area contributed by atoms with E-state index in [4.69, 9.17) is 10.5 Å².